The highest BCUT2D eigenvalue weighted by atomic mass is 16.3. The molecule has 21 heavy (non-hydrogen) atoms. The molecule has 2 N–H and O–H groups in total. The molecule has 2 aromatic carbocycles. The molecule has 0 saturated carbocycles. The van der Waals surface area contributed by atoms with E-state index in [1.165, 1.54) is 0 Å². The predicted octanol–water partition coefficient (Wildman–Crippen LogP) is 4.11. The van der Waals surface area contributed by atoms with Crippen LogP contribution in [0.3, 0.4) is 0 Å². The standard InChI is InChI=1S/C18H14N2O/c19-9-12-7-14(11-20-10-12)13-5-6-18-16(8-13)15-3-1-2-4-17(15)21-18/h1-8,10-11H,9,19H2. The maximum atomic E-state index is 5.85. The monoisotopic (exact) mass is 274 g/mol. The van der Waals surface area contributed by atoms with Crippen molar-refractivity contribution in [2.24, 2.45) is 5.73 Å². The SMILES string of the molecule is NCc1cncc(-c2ccc3oc4ccccc4c3c2)c1. The summed E-state index contributed by atoms with van der Waals surface area (Å²) in [6.07, 6.45) is 3.66. The normalized spacial score (nSPS) is 11.3. The second-order valence-corrected chi connectivity index (χ2v) is 5.10. The van der Waals surface area contributed by atoms with Crippen molar-refractivity contribution in [3.63, 3.8) is 0 Å². The van der Waals surface area contributed by atoms with E-state index in [4.69, 9.17) is 10.2 Å². The topological polar surface area (TPSA) is 52.0 Å². The van der Waals surface area contributed by atoms with Crippen molar-refractivity contribution in [2.45, 2.75) is 6.54 Å². The quantitative estimate of drug-likeness (QED) is 0.598. The maximum absolute atomic E-state index is 5.85. The number of pyridine rings is 1. The molecule has 0 aliphatic rings. The van der Waals surface area contributed by atoms with Gasteiger partial charge < -0.3 is 10.2 Å². The van der Waals surface area contributed by atoms with Crippen molar-refractivity contribution in [2.75, 3.05) is 0 Å². The van der Waals surface area contributed by atoms with Crippen molar-refractivity contribution in [3.05, 3.63) is 66.5 Å². The van der Waals surface area contributed by atoms with Crippen LogP contribution >= 0.6 is 0 Å². The third-order valence-corrected chi connectivity index (χ3v) is 3.74. The molecule has 2 aromatic heterocycles. The fourth-order valence-electron chi connectivity index (χ4n) is 2.66. The molecule has 2 heterocycles. The van der Waals surface area contributed by atoms with Crippen molar-refractivity contribution in [1.29, 1.82) is 0 Å². The van der Waals surface area contributed by atoms with Crippen LogP contribution in [0.5, 0.6) is 0 Å². The van der Waals surface area contributed by atoms with Crippen LogP contribution in [-0.4, -0.2) is 4.98 Å². The van der Waals surface area contributed by atoms with Crippen LogP contribution in [0.15, 0.2) is 65.3 Å². The first-order chi connectivity index (χ1) is 10.3. The summed E-state index contributed by atoms with van der Waals surface area (Å²) < 4.78 is 5.85. The van der Waals surface area contributed by atoms with E-state index in [2.05, 4.69) is 29.2 Å². The van der Waals surface area contributed by atoms with E-state index in [0.29, 0.717) is 6.54 Å². The molecule has 0 unspecified atom stereocenters. The van der Waals surface area contributed by atoms with E-state index in [1.807, 2.05) is 30.5 Å². The van der Waals surface area contributed by atoms with Gasteiger partial charge in [0.05, 0.1) is 0 Å². The summed E-state index contributed by atoms with van der Waals surface area (Å²) in [6.45, 7) is 0.498. The van der Waals surface area contributed by atoms with Crippen molar-refractivity contribution in [1.82, 2.24) is 4.98 Å². The van der Waals surface area contributed by atoms with Crippen LogP contribution in [0.4, 0.5) is 0 Å². The minimum absolute atomic E-state index is 0.498. The van der Waals surface area contributed by atoms with Gasteiger partial charge in [0, 0.05) is 35.3 Å². The number of rotatable bonds is 2. The largest absolute Gasteiger partial charge is 0.456 e. The van der Waals surface area contributed by atoms with Crippen LogP contribution in [0.25, 0.3) is 33.1 Å². The number of para-hydroxylation sites is 1. The molecule has 4 rings (SSSR count). The molecule has 3 heteroatoms. The van der Waals surface area contributed by atoms with Gasteiger partial charge in [0.15, 0.2) is 0 Å². The van der Waals surface area contributed by atoms with E-state index in [0.717, 1.165) is 38.6 Å². The number of benzene rings is 2. The minimum atomic E-state index is 0.498. The van der Waals surface area contributed by atoms with Crippen LogP contribution in [0.2, 0.25) is 0 Å². The Hall–Kier alpha value is -2.65. The molecule has 0 saturated heterocycles. The molecule has 0 fully saturated rings. The zero-order valence-electron chi connectivity index (χ0n) is 11.4. The van der Waals surface area contributed by atoms with Crippen LogP contribution in [-0.2, 0) is 6.54 Å². The van der Waals surface area contributed by atoms with Gasteiger partial charge in [-0.05, 0) is 35.4 Å². The van der Waals surface area contributed by atoms with E-state index < -0.39 is 0 Å². The Labute approximate surface area is 122 Å². The zero-order valence-corrected chi connectivity index (χ0v) is 11.4. The second kappa shape index (κ2) is 4.72. The molecular formula is C18H14N2O. The fraction of sp³-hybridized carbons (Fsp3) is 0.0556. The van der Waals surface area contributed by atoms with Crippen molar-refractivity contribution in [3.8, 4) is 11.1 Å². The van der Waals surface area contributed by atoms with Gasteiger partial charge >= 0.3 is 0 Å². The Bertz CT molecular complexity index is 940. The minimum Gasteiger partial charge on any atom is -0.456 e. The average molecular weight is 274 g/mol. The van der Waals surface area contributed by atoms with Gasteiger partial charge in [0.1, 0.15) is 11.2 Å². The zero-order chi connectivity index (χ0) is 14.2. The summed E-state index contributed by atoms with van der Waals surface area (Å²) in [5.74, 6) is 0. The first-order valence-electron chi connectivity index (χ1n) is 6.91. The van der Waals surface area contributed by atoms with Crippen LogP contribution in [0, 0.1) is 0 Å². The molecule has 0 aliphatic heterocycles. The average Bonchev–Trinajstić information content (AvgIpc) is 2.92. The van der Waals surface area contributed by atoms with Crippen molar-refractivity contribution >= 4 is 21.9 Å². The number of furan rings is 1. The van der Waals surface area contributed by atoms with E-state index in [-0.39, 0.29) is 0 Å². The van der Waals surface area contributed by atoms with Gasteiger partial charge in [0.2, 0.25) is 0 Å². The number of hydrogen-bond acceptors (Lipinski definition) is 3. The molecule has 4 aromatic rings. The lowest BCUT2D eigenvalue weighted by molar-refractivity contribution is 0.669. The molecule has 0 bridgehead atoms. The summed E-state index contributed by atoms with van der Waals surface area (Å²) in [4.78, 5) is 4.26. The van der Waals surface area contributed by atoms with Crippen LogP contribution in [0.1, 0.15) is 5.56 Å². The Morgan fingerprint density at radius 1 is 0.857 bits per heavy atom. The maximum Gasteiger partial charge on any atom is 0.135 e. The van der Waals surface area contributed by atoms with Gasteiger partial charge in [-0.25, -0.2) is 0 Å². The summed E-state index contributed by atoms with van der Waals surface area (Å²) >= 11 is 0. The predicted molar refractivity (Wildman–Crippen MR) is 84.8 cm³/mol. The summed E-state index contributed by atoms with van der Waals surface area (Å²) in [5.41, 5.74) is 10.7. The molecule has 0 amide bonds. The van der Waals surface area contributed by atoms with Gasteiger partial charge in [-0.3, -0.25) is 4.98 Å². The molecule has 102 valence electrons. The van der Waals surface area contributed by atoms with E-state index in [9.17, 15) is 0 Å². The third-order valence-electron chi connectivity index (χ3n) is 3.74. The Morgan fingerprint density at radius 3 is 2.62 bits per heavy atom. The Morgan fingerprint density at radius 2 is 1.71 bits per heavy atom. The number of nitrogens with zero attached hydrogens (tertiary/aromatic N) is 1. The first kappa shape index (κ1) is 12.1. The van der Waals surface area contributed by atoms with E-state index in [1.54, 1.807) is 6.20 Å². The number of fused-ring (bicyclic) bond motifs is 3. The highest BCUT2D eigenvalue weighted by Crippen LogP contribution is 2.32. The van der Waals surface area contributed by atoms with Gasteiger partial charge in [-0.2, -0.15) is 0 Å². The highest BCUT2D eigenvalue weighted by Gasteiger charge is 2.08. The smallest absolute Gasteiger partial charge is 0.135 e. The van der Waals surface area contributed by atoms with Crippen molar-refractivity contribution < 1.29 is 4.42 Å². The first-order valence-corrected chi connectivity index (χ1v) is 6.91. The third kappa shape index (κ3) is 1.99. The van der Waals surface area contributed by atoms with Crippen LogP contribution < -0.4 is 5.73 Å². The van der Waals surface area contributed by atoms with Gasteiger partial charge in [-0.15, -0.1) is 0 Å². The lowest BCUT2D eigenvalue weighted by Gasteiger charge is -2.03. The number of aromatic nitrogens is 1. The lowest BCUT2D eigenvalue weighted by Crippen LogP contribution is -1.96. The van der Waals surface area contributed by atoms with Gasteiger partial charge in [-0.1, -0.05) is 24.3 Å². The molecule has 0 atom stereocenters. The summed E-state index contributed by atoms with van der Waals surface area (Å²) in [5, 5.41) is 2.26. The van der Waals surface area contributed by atoms with E-state index >= 15 is 0 Å². The fourth-order valence-corrected chi connectivity index (χ4v) is 2.66. The summed E-state index contributed by atoms with van der Waals surface area (Å²) in [7, 11) is 0. The molecule has 3 nitrogen and oxygen atoms in total. The highest BCUT2D eigenvalue weighted by molar-refractivity contribution is 6.06. The summed E-state index contributed by atoms with van der Waals surface area (Å²) in [6, 6.07) is 16.4. The molecule has 0 radical (unpaired) electrons. The number of nitrogens with two attached hydrogens (primary N) is 1. The number of hydrogen-bond donors (Lipinski definition) is 1. The lowest BCUT2D eigenvalue weighted by atomic mass is 10.0. The molecule has 0 spiro atoms. The van der Waals surface area contributed by atoms with Gasteiger partial charge in [0.25, 0.3) is 0 Å². The second-order valence-electron chi connectivity index (χ2n) is 5.10. The molecule has 0 aliphatic carbocycles. The Balaban J connectivity index is 1.95. The molecular weight excluding hydrogens is 260 g/mol. The Kier molecular flexibility index (Phi) is 2.72.